The Morgan fingerprint density at radius 2 is 2.00 bits per heavy atom. The van der Waals surface area contributed by atoms with Crippen molar-refractivity contribution in [1.29, 1.82) is 0 Å². The van der Waals surface area contributed by atoms with Crippen LogP contribution in [0.15, 0.2) is 4.52 Å². The third-order valence-corrected chi connectivity index (χ3v) is 3.31. The summed E-state index contributed by atoms with van der Waals surface area (Å²) in [5.74, 6) is 2.07. The topological polar surface area (TPSA) is 68.2 Å². The number of nitrogens with two attached hydrogens (primary N) is 1. The van der Waals surface area contributed by atoms with Crippen LogP contribution in [0, 0.1) is 5.92 Å². The van der Waals surface area contributed by atoms with E-state index in [1.165, 1.54) is 0 Å². The second-order valence-electron chi connectivity index (χ2n) is 4.76. The molecule has 1 heterocycles. The molecular weight excluding hydrogens is 228 g/mol. The first-order valence-electron chi connectivity index (χ1n) is 6.93. The van der Waals surface area contributed by atoms with E-state index in [2.05, 4.69) is 35.8 Å². The first-order valence-corrected chi connectivity index (χ1v) is 6.93. The molecule has 104 valence electrons. The van der Waals surface area contributed by atoms with E-state index in [4.69, 9.17) is 10.3 Å². The molecule has 0 saturated heterocycles. The number of hydrogen-bond donors (Lipinski definition) is 1. The molecule has 2 N–H and O–H groups in total. The highest BCUT2D eigenvalue weighted by Crippen LogP contribution is 2.07. The van der Waals surface area contributed by atoms with Crippen LogP contribution in [0.1, 0.15) is 38.9 Å². The van der Waals surface area contributed by atoms with Gasteiger partial charge >= 0.3 is 0 Å². The van der Waals surface area contributed by atoms with Crippen molar-refractivity contribution in [1.82, 2.24) is 15.0 Å². The van der Waals surface area contributed by atoms with Gasteiger partial charge in [0.05, 0.1) is 0 Å². The molecule has 1 aromatic rings. The molecule has 5 nitrogen and oxygen atoms in total. The number of aromatic nitrogens is 2. The maximum absolute atomic E-state index is 5.58. The molecule has 0 amide bonds. The molecule has 0 aliphatic carbocycles. The first kappa shape index (κ1) is 15.1. The van der Waals surface area contributed by atoms with Crippen LogP contribution in [0.25, 0.3) is 0 Å². The maximum atomic E-state index is 5.58. The lowest BCUT2D eigenvalue weighted by Crippen LogP contribution is -2.25. The van der Waals surface area contributed by atoms with Crippen LogP contribution in [0.2, 0.25) is 0 Å². The number of aryl methyl sites for hydroxylation is 1. The second-order valence-corrected chi connectivity index (χ2v) is 4.76. The van der Waals surface area contributed by atoms with Gasteiger partial charge in [-0.3, -0.25) is 0 Å². The lowest BCUT2D eigenvalue weighted by molar-refractivity contribution is 0.302. The average Bonchev–Trinajstić information content (AvgIpc) is 2.85. The van der Waals surface area contributed by atoms with Crippen molar-refractivity contribution < 1.29 is 4.52 Å². The number of hydrogen-bond acceptors (Lipinski definition) is 5. The van der Waals surface area contributed by atoms with Gasteiger partial charge in [0, 0.05) is 19.4 Å². The predicted octanol–water partition coefficient (Wildman–Crippen LogP) is 1.48. The molecule has 0 spiro atoms. The summed E-state index contributed by atoms with van der Waals surface area (Å²) in [5, 5.41) is 4.02. The molecule has 0 saturated carbocycles. The monoisotopic (exact) mass is 254 g/mol. The van der Waals surface area contributed by atoms with Crippen LogP contribution in [0.5, 0.6) is 0 Å². The number of nitrogens with zero attached hydrogens (tertiary/aromatic N) is 3. The van der Waals surface area contributed by atoms with Gasteiger partial charge in [-0.05, 0) is 32.0 Å². The third kappa shape index (κ3) is 5.14. The molecule has 18 heavy (non-hydrogen) atoms. The normalized spacial score (nSPS) is 13.2. The van der Waals surface area contributed by atoms with Crippen LogP contribution >= 0.6 is 0 Å². The van der Waals surface area contributed by atoms with Gasteiger partial charge in [0.1, 0.15) is 0 Å². The van der Waals surface area contributed by atoms with Crippen LogP contribution in [0.4, 0.5) is 0 Å². The Hall–Kier alpha value is -0.940. The van der Waals surface area contributed by atoms with Crippen molar-refractivity contribution in [3.8, 4) is 0 Å². The third-order valence-electron chi connectivity index (χ3n) is 3.31. The molecule has 1 atom stereocenters. The van der Waals surface area contributed by atoms with E-state index in [0.717, 1.165) is 50.6 Å². The highest BCUT2D eigenvalue weighted by Gasteiger charge is 2.09. The Morgan fingerprint density at radius 3 is 2.61 bits per heavy atom. The molecule has 1 unspecified atom stereocenters. The van der Waals surface area contributed by atoms with Crippen LogP contribution in [-0.4, -0.2) is 41.2 Å². The zero-order valence-electron chi connectivity index (χ0n) is 11.9. The van der Waals surface area contributed by atoms with Crippen molar-refractivity contribution >= 4 is 0 Å². The minimum absolute atomic E-state index is 0.510. The van der Waals surface area contributed by atoms with Crippen molar-refractivity contribution in [2.45, 2.75) is 40.0 Å². The standard InChI is InChI=1S/C13H26N4O/c1-4-17(5-2)9-8-12-15-13(18-16-12)7-6-11(3)10-14/h11H,4-10,14H2,1-3H3. The summed E-state index contributed by atoms with van der Waals surface area (Å²) in [4.78, 5) is 6.77. The molecule has 0 aliphatic rings. The maximum Gasteiger partial charge on any atom is 0.226 e. The van der Waals surface area contributed by atoms with Gasteiger partial charge in [-0.15, -0.1) is 0 Å². The van der Waals surface area contributed by atoms with Crippen LogP contribution in [0.3, 0.4) is 0 Å². The fourth-order valence-electron chi connectivity index (χ4n) is 1.78. The Morgan fingerprint density at radius 1 is 1.28 bits per heavy atom. The quantitative estimate of drug-likeness (QED) is 0.723. The predicted molar refractivity (Wildman–Crippen MR) is 72.3 cm³/mol. The van der Waals surface area contributed by atoms with Gasteiger partial charge < -0.3 is 15.2 Å². The lowest BCUT2D eigenvalue weighted by atomic mass is 10.1. The van der Waals surface area contributed by atoms with Gasteiger partial charge in [-0.1, -0.05) is 25.9 Å². The van der Waals surface area contributed by atoms with E-state index in [1.54, 1.807) is 0 Å². The summed E-state index contributed by atoms with van der Waals surface area (Å²) in [7, 11) is 0. The van der Waals surface area contributed by atoms with E-state index >= 15 is 0 Å². The summed E-state index contributed by atoms with van der Waals surface area (Å²) in [6.45, 7) is 10.3. The summed E-state index contributed by atoms with van der Waals surface area (Å²) < 4.78 is 5.24. The fraction of sp³-hybridized carbons (Fsp3) is 0.846. The Bertz CT molecular complexity index is 323. The van der Waals surface area contributed by atoms with Crippen molar-refractivity contribution in [3.05, 3.63) is 11.7 Å². The largest absolute Gasteiger partial charge is 0.339 e. The molecule has 0 aliphatic heterocycles. The summed E-state index contributed by atoms with van der Waals surface area (Å²) >= 11 is 0. The lowest BCUT2D eigenvalue weighted by Gasteiger charge is -2.16. The molecule has 1 rings (SSSR count). The molecule has 0 aromatic carbocycles. The zero-order chi connectivity index (χ0) is 13.4. The SMILES string of the molecule is CCN(CC)CCc1noc(CCC(C)CN)n1. The number of rotatable bonds is 9. The van der Waals surface area contributed by atoms with Crippen molar-refractivity contribution in [2.24, 2.45) is 11.7 Å². The minimum atomic E-state index is 0.510. The molecule has 0 fully saturated rings. The van der Waals surface area contributed by atoms with Gasteiger partial charge in [-0.2, -0.15) is 4.98 Å². The first-order chi connectivity index (χ1) is 8.69. The van der Waals surface area contributed by atoms with Crippen molar-refractivity contribution in [2.75, 3.05) is 26.2 Å². The fourth-order valence-corrected chi connectivity index (χ4v) is 1.78. The molecule has 0 radical (unpaired) electrons. The molecule has 0 bridgehead atoms. The van der Waals surface area contributed by atoms with Gasteiger partial charge in [-0.25, -0.2) is 0 Å². The summed E-state index contributed by atoms with van der Waals surface area (Å²) in [6, 6.07) is 0. The Labute approximate surface area is 110 Å². The highest BCUT2D eigenvalue weighted by atomic mass is 16.5. The van der Waals surface area contributed by atoms with E-state index in [0.29, 0.717) is 12.5 Å². The summed E-state index contributed by atoms with van der Waals surface area (Å²) in [5.41, 5.74) is 5.58. The summed E-state index contributed by atoms with van der Waals surface area (Å²) in [6.07, 6.45) is 2.70. The van der Waals surface area contributed by atoms with E-state index in [-0.39, 0.29) is 0 Å². The average molecular weight is 254 g/mol. The smallest absolute Gasteiger partial charge is 0.226 e. The molecular formula is C13H26N4O. The Balaban J connectivity index is 2.34. The number of likely N-dealkylation sites (N-methyl/N-ethyl adjacent to an activating group) is 1. The van der Waals surface area contributed by atoms with Crippen LogP contribution in [-0.2, 0) is 12.8 Å². The van der Waals surface area contributed by atoms with Gasteiger partial charge in [0.15, 0.2) is 5.82 Å². The minimum Gasteiger partial charge on any atom is -0.339 e. The second kappa shape index (κ2) is 8.21. The van der Waals surface area contributed by atoms with E-state index in [9.17, 15) is 0 Å². The van der Waals surface area contributed by atoms with Crippen molar-refractivity contribution in [3.63, 3.8) is 0 Å². The highest BCUT2D eigenvalue weighted by molar-refractivity contribution is 4.87. The molecule has 1 aromatic heterocycles. The molecule has 5 heteroatoms. The van der Waals surface area contributed by atoms with Crippen LogP contribution < -0.4 is 5.73 Å². The zero-order valence-corrected chi connectivity index (χ0v) is 11.9. The Kier molecular flexibility index (Phi) is 6.90. The van der Waals surface area contributed by atoms with Gasteiger partial charge in [0.25, 0.3) is 0 Å². The van der Waals surface area contributed by atoms with Gasteiger partial charge in [0.2, 0.25) is 5.89 Å². The van der Waals surface area contributed by atoms with E-state index in [1.807, 2.05) is 0 Å². The van der Waals surface area contributed by atoms with E-state index < -0.39 is 0 Å².